The van der Waals surface area contributed by atoms with Crippen LogP contribution in [0, 0.1) is 11.3 Å². The highest BCUT2D eigenvalue weighted by Crippen LogP contribution is 2.13. The molecule has 0 aliphatic rings. The summed E-state index contributed by atoms with van der Waals surface area (Å²) in [4.78, 5) is 2.21. The highest BCUT2D eigenvalue weighted by atomic mass is 16.5. The van der Waals surface area contributed by atoms with Gasteiger partial charge in [0.15, 0.2) is 0 Å². The number of ether oxygens (including phenoxy) is 1. The summed E-state index contributed by atoms with van der Waals surface area (Å²) < 4.78 is 5.63. The fourth-order valence-corrected chi connectivity index (χ4v) is 1.76. The Balaban J connectivity index is 2.47. The zero-order valence-corrected chi connectivity index (χ0v) is 11.9. The Morgan fingerprint density at radius 3 is 2.53 bits per heavy atom. The second-order valence-corrected chi connectivity index (χ2v) is 5.07. The summed E-state index contributed by atoms with van der Waals surface area (Å²) in [6, 6.07) is 10.2. The second kappa shape index (κ2) is 8.53. The molecule has 3 N–H and O–H groups in total. The topological polar surface area (TPSA) is 62.3 Å². The zero-order valence-electron chi connectivity index (χ0n) is 11.9. The van der Waals surface area contributed by atoms with Crippen molar-refractivity contribution in [2.24, 2.45) is 11.7 Å². The highest BCUT2D eigenvalue weighted by molar-refractivity contribution is 5.77. The van der Waals surface area contributed by atoms with Crippen molar-refractivity contribution in [2.45, 2.75) is 20.3 Å². The molecule has 1 rings (SSSR count). The summed E-state index contributed by atoms with van der Waals surface area (Å²) in [6.45, 7) is 7.35. The van der Waals surface area contributed by atoms with Gasteiger partial charge in [-0.2, -0.15) is 0 Å². The van der Waals surface area contributed by atoms with Gasteiger partial charge in [0, 0.05) is 31.8 Å². The van der Waals surface area contributed by atoms with Crippen LogP contribution in [0.25, 0.3) is 0 Å². The number of para-hydroxylation sites is 1. The summed E-state index contributed by atoms with van der Waals surface area (Å²) in [5.74, 6) is 0.784. The minimum absolute atomic E-state index is 0.226. The van der Waals surface area contributed by atoms with Crippen LogP contribution in [-0.4, -0.2) is 32.1 Å². The Morgan fingerprint density at radius 1 is 1.26 bits per heavy atom. The average molecular weight is 263 g/mol. The van der Waals surface area contributed by atoms with Crippen LogP contribution < -0.4 is 10.6 Å². The van der Waals surface area contributed by atoms with Gasteiger partial charge in [-0.25, -0.2) is 0 Å². The van der Waals surface area contributed by atoms with E-state index in [2.05, 4.69) is 30.9 Å². The van der Waals surface area contributed by atoms with Crippen molar-refractivity contribution >= 4 is 11.5 Å². The molecule has 0 aliphatic heterocycles. The molecule has 1 aromatic rings. The summed E-state index contributed by atoms with van der Waals surface area (Å²) in [6.07, 6.45) is 0.582. The molecule has 19 heavy (non-hydrogen) atoms. The quantitative estimate of drug-likeness (QED) is 0.409. The molecule has 0 bridgehead atoms. The summed E-state index contributed by atoms with van der Waals surface area (Å²) in [7, 11) is 0. The van der Waals surface area contributed by atoms with E-state index < -0.39 is 0 Å². The molecule has 0 radical (unpaired) electrons. The summed E-state index contributed by atoms with van der Waals surface area (Å²) >= 11 is 0. The minimum atomic E-state index is 0.226. The van der Waals surface area contributed by atoms with Crippen LogP contribution in [0.1, 0.15) is 20.3 Å². The van der Waals surface area contributed by atoms with Gasteiger partial charge in [-0.05, 0) is 18.1 Å². The first kappa shape index (κ1) is 15.5. The van der Waals surface area contributed by atoms with E-state index in [0.717, 1.165) is 25.4 Å². The van der Waals surface area contributed by atoms with Crippen LogP contribution in [0.4, 0.5) is 5.69 Å². The van der Waals surface area contributed by atoms with Gasteiger partial charge in [-0.15, -0.1) is 0 Å². The number of hydrogen-bond acceptors (Lipinski definition) is 3. The van der Waals surface area contributed by atoms with E-state index >= 15 is 0 Å². The average Bonchev–Trinajstić information content (AvgIpc) is 2.38. The molecule has 0 aromatic heterocycles. The second-order valence-electron chi connectivity index (χ2n) is 5.07. The predicted molar refractivity (Wildman–Crippen MR) is 80.8 cm³/mol. The van der Waals surface area contributed by atoms with Crippen molar-refractivity contribution in [1.29, 1.82) is 5.41 Å². The Kier molecular flexibility index (Phi) is 6.97. The molecular weight excluding hydrogens is 238 g/mol. The molecule has 0 unspecified atom stereocenters. The number of nitrogens with zero attached hydrogens (tertiary/aromatic N) is 1. The number of benzene rings is 1. The third-order valence-electron chi connectivity index (χ3n) is 2.73. The largest absolute Gasteiger partial charge is 0.388 e. The maximum Gasteiger partial charge on any atom is 0.0923 e. The van der Waals surface area contributed by atoms with Crippen LogP contribution in [0.2, 0.25) is 0 Å². The van der Waals surface area contributed by atoms with E-state index in [0.29, 0.717) is 18.9 Å². The van der Waals surface area contributed by atoms with Gasteiger partial charge in [0.25, 0.3) is 0 Å². The molecule has 0 saturated heterocycles. The zero-order chi connectivity index (χ0) is 14.1. The molecule has 0 amide bonds. The van der Waals surface area contributed by atoms with Gasteiger partial charge in [0.2, 0.25) is 0 Å². The van der Waals surface area contributed by atoms with E-state index in [9.17, 15) is 0 Å². The monoisotopic (exact) mass is 263 g/mol. The standard InChI is InChI=1S/C15H25N3O/c1-13(2)12-19-11-10-18(9-8-15(16)17)14-6-4-3-5-7-14/h3-7,13H,8-12H2,1-2H3,(H3,16,17). The maximum absolute atomic E-state index is 7.34. The number of rotatable bonds is 9. The summed E-state index contributed by atoms with van der Waals surface area (Å²) in [5, 5.41) is 7.34. The molecule has 0 saturated carbocycles. The molecule has 106 valence electrons. The number of nitrogens with one attached hydrogen (secondary N) is 1. The van der Waals surface area contributed by atoms with E-state index in [-0.39, 0.29) is 5.84 Å². The molecule has 0 spiro atoms. The Morgan fingerprint density at radius 2 is 1.95 bits per heavy atom. The first-order valence-corrected chi connectivity index (χ1v) is 6.80. The normalized spacial score (nSPS) is 10.7. The van der Waals surface area contributed by atoms with Crippen molar-refractivity contribution in [3.63, 3.8) is 0 Å². The van der Waals surface area contributed by atoms with Crippen molar-refractivity contribution < 1.29 is 4.74 Å². The van der Waals surface area contributed by atoms with Crippen molar-refractivity contribution in [3.8, 4) is 0 Å². The van der Waals surface area contributed by atoms with Gasteiger partial charge in [0.1, 0.15) is 0 Å². The van der Waals surface area contributed by atoms with Gasteiger partial charge < -0.3 is 15.4 Å². The lowest BCUT2D eigenvalue weighted by Crippen LogP contribution is -2.31. The number of amidine groups is 1. The molecular formula is C15H25N3O. The van der Waals surface area contributed by atoms with Gasteiger partial charge in [0.05, 0.1) is 12.4 Å². The number of hydrogen-bond donors (Lipinski definition) is 2. The van der Waals surface area contributed by atoms with Crippen LogP contribution >= 0.6 is 0 Å². The molecule has 4 heteroatoms. The Labute approximate surface area is 116 Å². The van der Waals surface area contributed by atoms with Gasteiger partial charge in [-0.3, -0.25) is 5.41 Å². The lowest BCUT2D eigenvalue weighted by atomic mass is 10.2. The highest BCUT2D eigenvalue weighted by Gasteiger charge is 2.06. The molecule has 0 atom stereocenters. The van der Waals surface area contributed by atoms with Crippen LogP contribution in [0.15, 0.2) is 30.3 Å². The third-order valence-corrected chi connectivity index (χ3v) is 2.73. The van der Waals surface area contributed by atoms with Crippen molar-refractivity contribution in [3.05, 3.63) is 30.3 Å². The fourth-order valence-electron chi connectivity index (χ4n) is 1.76. The van der Waals surface area contributed by atoms with E-state index in [1.807, 2.05) is 18.2 Å². The van der Waals surface area contributed by atoms with Crippen molar-refractivity contribution in [1.82, 2.24) is 0 Å². The fraction of sp³-hybridized carbons (Fsp3) is 0.533. The molecule has 1 aromatic carbocycles. The SMILES string of the molecule is CC(C)COCCN(CCC(=N)N)c1ccccc1. The van der Waals surface area contributed by atoms with Gasteiger partial charge in [-0.1, -0.05) is 32.0 Å². The van der Waals surface area contributed by atoms with E-state index in [1.165, 1.54) is 0 Å². The molecule has 0 aliphatic carbocycles. The summed E-state index contributed by atoms with van der Waals surface area (Å²) in [5.41, 5.74) is 6.59. The molecule has 4 nitrogen and oxygen atoms in total. The molecule has 0 fully saturated rings. The lowest BCUT2D eigenvalue weighted by molar-refractivity contribution is 0.115. The third kappa shape index (κ3) is 6.82. The number of anilines is 1. The predicted octanol–water partition coefficient (Wildman–Crippen LogP) is 2.49. The first-order valence-electron chi connectivity index (χ1n) is 6.80. The maximum atomic E-state index is 7.34. The lowest BCUT2D eigenvalue weighted by Gasteiger charge is -2.24. The van der Waals surface area contributed by atoms with Crippen LogP contribution in [0.5, 0.6) is 0 Å². The Bertz CT molecular complexity index is 365. The Hall–Kier alpha value is -1.55. The first-order chi connectivity index (χ1) is 9.09. The van der Waals surface area contributed by atoms with Crippen LogP contribution in [0.3, 0.4) is 0 Å². The van der Waals surface area contributed by atoms with Crippen LogP contribution in [-0.2, 0) is 4.74 Å². The van der Waals surface area contributed by atoms with E-state index in [1.54, 1.807) is 0 Å². The molecule has 0 heterocycles. The minimum Gasteiger partial charge on any atom is -0.388 e. The van der Waals surface area contributed by atoms with Crippen molar-refractivity contribution in [2.75, 3.05) is 31.2 Å². The van der Waals surface area contributed by atoms with Gasteiger partial charge >= 0.3 is 0 Å². The smallest absolute Gasteiger partial charge is 0.0923 e. The number of nitrogens with two attached hydrogens (primary N) is 1. The van der Waals surface area contributed by atoms with E-state index in [4.69, 9.17) is 15.9 Å².